The van der Waals surface area contributed by atoms with Crippen molar-refractivity contribution in [3.63, 3.8) is 0 Å². The van der Waals surface area contributed by atoms with Gasteiger partial charge in [0.25, 0.3) is 0 Å². The van der Waals surface area contributed by atoms with E-state index in [0.717, 1.165) is 16.9 Å². The van der Waals surface area contributed by atoms with Gasteiger partial charge in [0.05, 0.1) is 6.21 Å². The molecule has 0 aliphatic carbocycles. The van der Waals surface area contributed by atoms with Crippen LogP contribution in [0.3, 0.4) is 0 Å². The van der Waals surface area contributed by atoms with Crippen LogP contribution in [0.5, 0.6) is 5.75 Å². The van der Waals surface area contributed by atoms with E-state index in [1.165, 1.54) is 11.9 Å². The summed E-state index contributed by atoms with van der Waals surface area (Å²) in [6.07, 6.45) is 6.80. The Hall–Kier alpha value is -3.06. The zero-order valence-corrected chi connectivity index (χ0v) is 13.0. The Morgan fingerprint density at radius 2 is 1.91 bits per heavy atom. The molecule has 4 heteroatoms. The molecular weight excluding hydrogens is 288 g/mol. The van der Waals surface area contributed by atoms with Crippen molar-refractivity contribution in [3.8, 4) is 18.1 Å². The van der Waals surface area contributed by atoms with Crippen LogP contribution in [0.2, 0.25) is 0 Å². The quantitative estimate of drug-likeness (QED) is 0.467. The van der Waals surface area contributed by atoms with Gasteiger partial charge in [0.15, 0.2) is 0 Å². The van der Waals surface area contributed by atoms with Crippen LogP contribution in [0.4, 0.5) is 0 Å². The molecule has 0 saturated heterocycles. The Balaban J connectivity index is 1.94. The number of hydrazone groups is 1. The molecule has 116 valence electrons. The van der Waals surface area contributed by atoms with Gasteiger partial charge in [-0.05, 0) is 35.4 Å². The van der Waals surface area contributed by atoms with E-state index < -0.39 is 0 Å². The number of ether oxygens (including phenoxy) is 1. The molecule has 0 unspecified atom stereocenters. The van der Waals surface area contributed by atoms with Crippen LogP contribution < -0.4 is 4.74 Å². The highest BCUT2D eigenvalue weighted by atomic mass is 16.5. The Labute approximate surface area is 136 Å². The maximum absolute atomic E-state index is 11.3. The fourth-order valence-electron chi connectivity index (χ4n) is 1.85. The number of benzene rings is 2. The molecule has 0 aliphatic rings. The molecule has 0 aliphatic heterocycles. The summed E-state index contributed by atoms with van der Waals surface area (Å²) in [5.41, 5.74) is 1.98. The molecule has 0 bridgehead atoms. The monoisotopic (exact) mass is 306 g/mol. The number of rotatable bonds is 6. The van der Waals surface area contributed by atoms with E-state index in [1.807, 2.05) is 54.6 Å². The molecule has 2 aromatic carbocycles. The number of hydrogen-bond acceptors (Lipinski definition) is 3. The molecule has 2 aromatic rings. The molecule has 0 spiro atoms. The SMILES string of the molecule is C#CCN(N=Cc1ccc(OCc2ccccc2)cc1)C(C)=O. The number of hydrogen-bond donors (Lipinski definition) is 0. The van der Waals surface area contributed by atoms with E-state index in [0.29, 0.717) is 6.61 Å². The van der Waals surface area contributed by atoms with E-state index in [4.69, 9.17) is 11.2 Å². The van der Waals surface area contributed by atoms with Gasteiger partial charge < -0.3 is 4.74 Å². The van der Waals surface area contributed by atoms with Crippen LogP contribution in [0.25, 0.3) is 0 Å². The van der Waals surface area contributed by atoms with E-state index in [-0.39, 0.29) is 12.5 Å². The Morgan fingerprint density at radius 1 is 1.22 bits per heavy atom. The normalized spacial score (nSPS) is 10.3. The van der Waals surface area contributed by atoms with Crippen molar-refractivity contribution < 1.29 is 9.53 Å². The van der Waals surface area contributed by atoms with E-state index >= 15 is 0 Å². The van der Waals surface area contributed by atoms with Gasteiger partial charge in [0.2, 0.25) is 5.91 Å². The van der Waals surface area contributed by atoms with Crippen molar-refractivity contribution in [3.05, 3.63) is 65.7 Å². The Morgan fingerprint density at radius 3 is 2.52 bits per heavy atom. The third kappa shape index (κ3) is 5.33. The average Bonchev–Trinajstić information content (AvgIpc) is 2.58. The third-order valence-electron chi connectivity index (χ3n) is 3.08. The van der Waals surface area contributed by atoms with Gasteiger partial charge >= 0.3 is 0 Å². The topological polar surface area (TPSA) is 41.9 Å². The molecule has 0 fully saturated rings. The molecule has 4 nitrogen and oxygen atoms in total. The predicted molar refractivity (Wildman–Crippen MR) is 91.0 cm³/mol. The molecule has 0 atom stereocenters. The van der Waals surface area contributed by atoms with Gasteiger partial charge in [0, 0.05) is 6.92 Å². The first-order valence-corrected chi connectivity index (χ1v) is 7.21. The highest BCUT2D eigenvalue weighted by Gasteiger charge is 2.03. The van der Waals surface area contributed by atoms with E-state index in [9.17, 15) is 4.79 Å². The summed E-state index contributed by atoms with van der Waals surface area (Å²) in [4.78, 5) is 11.3. The van der Waals surface area contributed by atoms with Gasteiger partial charge in [-0.1, -0.05) is 36.3 Å². The lowest BCUT2D eigenvalue weighted by Crippen LogP contribution is -2.23. The van der Waals surface area contributed by atoms with Gasteiger partial charge in [-0.2, -0.15) is 5.10 Å². The molecule has 0 N–H and O–H groups in total. The molecule has 0 saturated carbocycles. The number of nitrogens with zero attached hydrogens (tertiary/aromatic N) is 2. The smallest absolute Gasteiger partial charge is 0.240 e. The second kappa shape index (κ2) is 8.40. The molecular formula is C19H18N2O2. The lowest BCUT2D eigenvalue weighted by atomic mass is 10.2. The standard InChI is InChI=1S/C19H18N2O2/c1-3-13-21(16(2)22)20-14-17-9-11-19(12-10-17)23-15-18-7-5-4-6-8-18/h1,4-12,14H,13,15H2,2H3. The first kappa shape index (κ1) is 16.3. The number of terminal acetylenes is 1. The van der Waals surface area contributed by atoms with Gasteiger partial charge in [-0.15, -0.1) is 6.42 Å². The van der Waals surface area contributed by atoms with Gasteiger partial charge in [-0.25, -0.2) is 5.01 Å². The summed E-state index contributed by atoms with van der Waals surface area (Å²) in [6, 6.07) is 17.4. The van der Waals surface area contributed by atoms with Gasteiger partial charge in [0.1, 0.15) is 18.9 Å². The van der Waals surface area contributed by atoms with Crippen molar-refractivity contribution in [1.29, 1.82) is 0 Å². The van der Waals surface area contributed by atoms with Crippen LogP contribution in [-0.4, -0.2) is 23.7 Å². The van der Waals surface area contributed by atoms with Crippen LogP contribution >= 0.6 is 0 Å². The Bertz CT molecular complexity index is 700. The van der Waals surface area contributed by atoms with Crippen molar-refractivity contribution in [2.75, 3.05) is 6.54 Å². The second-order valence-electron chi connectivity index (χ2n) is 4.87. The third-order valence-corrected chi connectivity index (χ3v) is 3.08. The second-order valence-corrected chi connectivity index (χ2v) is 4.87. The number of amides is 1. The van der Waals surface area contributed by atoms with E-state index in [1.54, 1.807) is 6.21 Å². The zero-order valence-electron chi connectivity index (χ0n) is 13.0. The fraction of sp³-hybridized carbons (Fsp3) is 0.158. The minimum atomic E-state index is -0.193. The summed E-state index contributed by atoms with van der Waals surface area (Å²) in [7, 11) is 0. The summed E-state index contributed by atoms with van der Waals surface area (Å²) < 4.78 is 5.71. The summed E-state index contributed by atoms with van der Waals surface area (Å²) in [6.45, 7) is 2.11. The number of carbonyl (C=O) groups excluding carboxylic acids is 1. The van der Waals surface area contributed by atoms with E-state index in [2.05, 4.69) is 11.0 Å². The summed E-state index contributed by atoms with van der Waals surface area (Å²) in [5, 5.41) is 5.32. The highest BCUT2D eigenvalue weighted by molar-refractivity contribution is 5.82. The highest BCUT2D eigenvalue weighted by Crippen LogP contribution is 2.13. The van der Waals surface area contributed by atoms with Crippen molar-refractivity contribution in [2.24, 2.45) is 5.10 Å². The first-order valence-electron chi connectivity index (χ1n) is 7.21. The zero-order chi connectivity index (χ0) is 16.5. The Kier molecular flexibility index (Phi) is 5.96. The minimum absolute atomic E-state index is 0.157. The first-order chi connectivity index (χ1) is 11.2. The minimum Gasteiger partial charge on any atom is -0.489 e. The molecule has 1 amide bonds. The predicted octanol–water partition coefficient (Wildman–Crippen LogP) is 3.08. The molecule has 0 aromatic heterocycles. The lowest BCUT2D eigenvalue weighted by Gasteiger charge is -2.10. The molecule has 2 rings (SSSR count). The summed E-state index contributed by atoms with van der Waals surface area (Å²) >= 11 is 0. The molecule has 23 heavy (non-hydrogen) atoms. The molecule has 0 radical (unpaired) electrons. The van der Waals surface area contributed by atoms with Crippen LogP contribution in [0.15, 0.2) is 59.7 Å². The van der Waals surface area contributed by atoms with Crippen molar-refractivity contribution >= 4 is 12.1 Å². The average molecular weight is 306 g/mol. The van der Waals surface area contributed by atoms with Crippen LogP contribution in [-0.2, 0) is 11.4 Å². The summed E-state index contributed by atoms with van der Waals surface area (Å²) in [5.74, 6) is 2.98. The number of carbonyl (C=O) groups is 1. The van der Waals surface area contributed by atoms with Crippen LogP contribution in [0, 0.1) is 12.3 Å². The molecule has 0 heterocycles. The van der Waals surface area contributed by atoms with Crippen LogP contribution in [0.1, 0.15) is 18.1 Å². The largest absolute Gasteiger partial charge is 0.489 e. The maximum Gasteiger partial charge on any atom is 0.240 e. The lowest BCUT2D eigenvalue weighted by molar-refractivity contribution is -0.128. The van der Waals surface area contributed by atoms with Crippen molar-refractivity contribution in [2.45, 2.75) is 13.5 Å². The van der Waals surface area contributed by atoms with Crippen molar-refractivity contribution in [1.82, 2.24) is 5.01 Å². The maximum atomic E-state index is 11.3. The van der Waals surface area contributed by atoms with Gasteiger partial charge in [-0.3, -0.25) is 4.79 Å². The fourth-order valence-corrected chi connectivity index (χ4v) is 1.85.